The average molecular weight is 326 g/mol. The molecule has 2 aromatic rings. The van der Waals surface area contributed by atoms with Crippen molar-refractivity contribution in [3.63, 3.8) is 0 Å². The van der Waals surface area contributed by atoms with E-state index in [1.165, 1.54) is 12.1 Å². The average Bonchev–Trinajstić information content (AvgIpc) is 2.81. The number of hydrogen-bond acceptors (Lipinski definition) is 3. The summed E-state index contributed by atoms with van der Waals surface area (Å²) < 4.78 is 13.6. The largest absolute Gasteiger partial charge is 0.324 e. The number of carbonyl (C=O) groups is 3. The molecule has 0 aromatic heterocycles. The minimum absolute atomic E-state index is 0.0500. The highest BCUT2D eigenvalue weighted by atomic mass is 19.1. The Morgan fingerprint density at radius 3 is 2.33 bits per heavy atom. The van der Waals surface area contributed by atoms with Gasteiger partial charge in [0, 0.05) is 13.0 Å². The first kappa shape index (κ1) is 15.9. The van der Waals surface area contributed by atoms with E-state index in [0.29, 0.717) is 11.1 Å². The zero-order chi connectivity index (χ0) is 17.3. The van der Waals surface area contributed by atoms with Gasteiger partial charge in [-0.05, 0) is 36.8 Å². The van der Waals surface area contributed by atoms with Gasteiger partial charge in [0.2, 0.25) is 5.91 Å². The van der Waals surface area contributed by atoms with Gasteiger partial charge in [-0.3, -0.25) is 19.3 Å². The standard InChI is InChI=1S/C18H15FN2O3/c1-11-6-7-14(19)15(10-11)20-16(22)8-9-21-17(23)12-4-2-3-5-13(12)18(21)24/h2-7,10H,8-9H2,1H3,(H,20,22). The van der Waals surface area contributed by atoms with Crippen LogP contribution in [0.5, 0.6) is 0 Å². The fourth-order valence-electron chi connectivity index (χ4n) is 2.60. The lowest BCUT2D eigenvalue weighted by Gasteiger charge is -2.14. The van der Waals surface area contributed by atoms with Crippen molar-refractivity contribution in [2.45, 2.75) is 13.3 Å². The van der Waals surface area contributed by atoms with Crippen LogP contribution in [0.1, 0.15) is 32.7 Å². The number of amides is 3. The first-order valence-corrected chi connectivity index (χ1v) is 7.48. The number of nitrogens with zero attached hydrogens (tertiary/aromatic N) is 1. The number of halogens is 1. The van der Waals surface area contributed by atoms with Crippen molar-refractivity contribution in [3.8, 4) is 0 Å². The van der Waals surface area contributed by atoms with Crippen LogP contribution in [-0.4, -0.2) is 29.2 Å². The van der Waals surface area contributed by atoms with Gasteiger partial charge in [-0.25, -0.2) is 4.39 Å². The molecule has 5 nitrogen and oxygen atoms in total. The summed E-state index contributed by atoms with van der Waals surface area (Å²) >= 11 is 0. The van der Waals surface area contributed by atoms with E-state index < -0.39 is 23.5 Å². The number of imide groups is 1. The Balaban J connectivity index is 1.64. The first-order chi connectivity index (χ1) is 11.5. The van der Waals surface area contributed by atoms with Crippen molar-refractivity contribution in [3.05, 3.63) is 65.0 Å². The van der Waals surface area contributed by atoms with Crippen LogP contribution in [0.2, 0.25) is 0 Å². The van der Waals surface area contributed by atoms with Crippen molar-refractivity contribution >= 4 is 23.4 Å². The molecule has 0 aliphatic carbocycles. The third-order valence-corrected chi connectivity index (χ3v) is 3.84. The molecule has 6 heteroatoms. The van der Waals surface area contributed by atoms with Crippen LogP contribution in [0.3, 0.4) is 0 Å². The number of fused-ring (bicyclic) bond motifs is 1. The van der Waals surface area contributed by atoms with E-state index in [1.807, 2.05) is 0 Å². The fourth-order valence-corrected chi connectivity index (χ4v) is 2.60. The molecule has 122 valence electrons. The smallest absolute Gasteiger partial charge is 0.261 e. The Bertz CT molecular complexity index is 813. The van der Waals surface area contributed by atoms with Crippen LogP contribution in [0, 0.1) is 12.7 Å². The lowest BCUT2D eigenvalue weighted by Crippen LogP contribution is -2.33. The molecule has 2 aromatic carbocycles. The van der Waals surface area contributed by atoms with E-state index in [0.717, 1.165) is 10.5 Å². The normalized spacial score (nSPS) is 13.2. The van der Waals surface area contributed by atoms with Gasteiger partial charge in [-0.15, -0.1) is 0 Å². The second-order valence-electron chi connectivity index (χ2n) is 5.59. The third-order valence-electron chi connectivity index (χ3n) is 3.84. The minimum atomic E-state index is -0.533. The SMILES string of the molecule is Cc1ccc(F)c(NC(=O)CCN2C(=O)c3ccccc3C2=O)c1. The lowest BCUT2D eigenvalue weighted by molar-refractivity contribution is -0.116. The molecular weight excluding hydrogens is 311 g/mol. The van der Waals surface area contributed by atoms with Gasteiger partial charge < -0.3 is 5.32 Å². The van der Waals surface area contributed by atoms with Crippen molar-refractivity contribution in [2.75, 3.05) is 11.9 Å². The van der Waals surface area contributed by atoms with Crippen LogP contribution in [-0.2, 0) is 4.79 Å². The summed E-state index contributed by atoms with van der Waals surface area (Å²) in [6.45, 7) is 1.74. The maximum absolute atomic E-state index is 13.6. The zero-order valence-electron chi connectivity index (χ0n) is 13.0. The Kier molecular flexibility index (Phi) is 4.12. The summed E-state index contributed by atoms with van der Waals surface area (Å²) in [6, 6.07) is 10.9. The monoisotopic (exact) mass is 326 g/mol. The highest BCUT2D eigenvalue weighted by molar-refractivity contribution is 6.21. The zero-order valence-corrected chi connectivity index (χ0v) is 13.0. The highest BCUT2D eigenvalue weighted by Crippen LogP contribution is 2.22. The van der Waals surface area contributed by atoms with Gasteiger partial charge in [0.05, 0.1) is 16.8 Å². The summed E-state index contributed by atoms with van der Waals surface area (Å²) in [7, 11) is 0. The number of hydrogen-bond donors (Lipinski definition) is 1. The predicted molar refractivity (Wildman–Crippen MR) is 86.2 cm³/mol. The molecule has 0 bridgehead atoms. The fraction of sp³-hybridized carbons (Fsp3) is 0.167. The Hall–Kier alpha value is -3.02. The van der Waals surface area contributed by atoms with Gasteiger partial charge in [0.1, 0.15) is 5.82 Å². The summed E-state index contributed by atoms with van der Waals surface area (Å²) in [5, 5.41) is 2.46. The van der Waals surface area contributed by atoms with Crippen LogP contribution < -0.4 is 5.32 Å². The molecule has 1 N–H and O–H groups in total. The van der Waals surface area contributed by atoms with Crippen molar-refractivity contribution < 1.29 is 18.8 Å². The number of nitrogens with one attached hydrogen (secondary N) is 1. The van der Waals surface area contributed by atoms with E-state index >= 15 is 0 Å². The topological polar surface area (TPSA) is 66.5 Å². The van der Waals surface area contributed by atoms with E-state index in [-0.39, 0.29) is 18.7 Å². The van der Waals surface area contributed by atoms with Gasteiger partial charge >= 0.3 is 0 Å². The maximum Gasteiger partial charge on any atom is 0.261 e. The summed E-state index contributed by atoms with van der Waals surface area (Å²) in [6.07, 6.45) is -0.0984. The number of benzene rings is 2. The molecular formula is C18H15FN2O3. The molecule has 3 rings (SSSR count). The molecule has 1 aliphatic rings. The predicted octanol–water partition coefficient (Wildman–Crippen LogP) is 2.76. The van der Waals surface area contributed by atoms with E-state index in [9.17, 15) is 18.8 Å². The number of rotatable bonds is 4. The van der Waals surface area contributed by atoms with Crippen LogP contribution >= 0.6 is 0 Å². The molecule has 0 spiro atoms. The number of anilines is 1. The van der Waals surface area contributed by atoms with E-state index in [2.05, 4.69) is 5.32 Å². The molecule has 1 heterocycles. The number of aryl methyl sites for hydroxylation is 1. The van der Waals surface area contributed by atoms with E-state index in [1.54, 1.807) is 37.3 Å². The Morgan fingerprint density at radius 1 is 1.08 bits per heavy atom. The minimum Gasteiger partial charge on any atom is -0.324 e. The van der Waals surface area contributed by atoms with Crippen LogP contribution in [0.4, 0.5) is 10.1 Å². The van der Waals surface area contributed by atoms with Gasteiger partial charge in [0.15, 0.2) is 0 Å². The van der Waals surface area contributed by atoms with Gasteiger partial charge in [0.25, 0.3) is 11.8 Å². The molecule has 3 amide bonds. The molecule has 0 atom stereocenters. The molecule has 1 aliphatic heterocycles. The Morgan fingerprint density at radius 2 is 1.71 bits per heavy atom. The molecule has 0 saturated carbocycles. The molecule has 24 heavy (non-hydrogen) atoms. The molecule has 0 unspecified atom stereocenters. The Labute approximate surface area is 138 Å². The third kappa shape index (κ3) is 2.90. The quantitative estimate of drug-likeness (QED) is 0.879. The van der Waals surface area contributed by atoms with Crippen molar-refractivity contribution in [1.29, 1.82) is 0 Å². The molecule has 0 fully saturated rings. The van der Waals surface area contributed by atoms with Crippen molar-refractivity contribution in [2.24, 2.45) is 0 Å². The molecule has 0 radical (unpaired) electrons. The highest BCUT2D eigenvalue weighted by Gasteiger charge is 2.34. The second kappa shape index (κ2) is 6.23. The van der Waals surface area contributed by atoms with Gasteiger partial charge in [-0.1, -0.05) is 18.2 Å². The van der Waals surface area contributed by atoms with Crippen molar-refractivity contribution in [1.82, 2.24) is 4.90 Å². The maximum atomic E-state index is 13.6. The van der Waals surface area contributed by atoms with Crippen LogP contribution in [0.25, 0.3) is 0 Å². The number of carbonyl (C=O) groups excluding carboxylic acids is 3. The summed E-state index contributed by atoms with van der Waals surface area (Å²) in [5.74, 6) is -1.82. The molecule has 0 saturated heterocycles. The lowest BCUT2D eigenvalue weighted by atomic mass is 10.1. The van der Waals surface area contributed by atoms with Crippen LogP contribution in [0.15, 0.2) is 42.5 Å². The van der Waals surface area contributed by atoms with E-state index in [4.69, 9.17) is 0 Å². The second-order valence-corrected chi connectivity index (χ2v) is 5.59. The summed E-state index contributed by atoms with van der Waals surface area (Å²) in [4.78, 5) is 37.4. The summed E-state index contributed by atoms with van der Waals surface area (Å²) in [5.41, 5.74) is 1.58. The van der Waals surface area contributed by atoms with Gasteiger partial charge in [-0.2, -0.15) is 0 Å². The first-order valence-electron chi connectivity index (χ1n) is 7.48.